The number of aromatic nitrogens is 4. The van der Waals surface area contributed by atoms with Gasteiger partial charge < -0.3 is 9.42 Å². The Labute approximate surface area is 167 Å². The van der Waals surface area contributed by atoms with Gasteiger partial charge in [0.2, 0.25) is 17.6 Å². The van der Waals surface area contributed by atoms with Gasteiger partial charge in [-0.2, -0.15) is 4.98 Å². The Morgan fingerprint density at radius 2 is 2.11 bits per heavy atom. The molecule has 3 aromatic rings. The molecule has 1 fully saturated rings. The van der Waals surface area contributed by atoms with Gasteiger partial charge in [-0.05, 0) is 36.5 Å². The zero-order valence-electron chi connectivity index (χ0n) is 15.3. The molecule has 28 heavy (non-hydrogen) atoms. The van der Waals surface area contributed by atoms with Crippen molar-refractivity contribution in [2.75, 3.05) is 13.1 Å². The molecule has 1 saturated heterocycles. The largest absolute Gasteiger partial charge is 0.342 e. The highest BCUT2D eigenvalue weighted by molar-refractivity contribution is 6.30. The summed E-state index contributed by atoms with van der Waals surface area (Å²) in [5, 5.41) is 4.66. The summed E-state index contributed by atoms with van der Waals surface area (Å²) in [6, 6.07) is 7.42. The van der Waals surface area contributed by atoms with E-state index in [2.05, 4.69) is 20.1 Å². The molecule has 3 heterocycles. The van der Waals surface area contributed by atoms with Gasteiger partial charge >= 0.3 is 0 Å². The fraction of sp³-hybridized carbons (Fsp3) is 0.350. The van der Waals surface area contributed by atoms with E-state index in [0.29, 0.717) is 47.7 Å². The second kappa shape index (κ2) is 8.48. The maximum absolute atomic E-state index is 12.7. The molecule has 0 radical (unpaired) electrons. The van der Waals surface area contributed by atoms with E-state index >= 15 is 0 Å². The first-order chi connectivity index (χ1) is 13.7. The number of rotatable bonds is 5. The van der Waals surface area contributed by atoms with E-state index in [1.54, 1.807) is 18.6 Å². The minimum Gasteiger partial charge on any atom is -0.342 e. The predicted molar refractivity (Wildman–Crippen MR) is 103 cm³/mol. The molecule has 1 amide bonds. The van der Waals surface area contributed by atoms with Crippen LogP contribution in [0.25, 0.3) is 11.5 Å². The van der Waals surface area contributed by atoms with Crippen molar-refractivity contribution in [1.29, 1.82) is 0 Å². The van der Waals surface area contributed by atoms with Gasteiger partial charge in [0.15, 0.2) is 0 Å². The summed E-state index contributed by atoms with van der Waals surface area (Å²) in [4.78, 5) is 27.2. The van der Waals surface area contributed by atoms with Crippen LogP contribution in [0.2, 0.25) is 5.02 Å². The number of carbonyl (C=O) groups is 1. The number of hydrogen-bond acceptors (Lipinski definition) is 6. The van der Waals surface area contributed by atoms with Crippen molar-refractivity contribution in [2.45, 2.75) is 25.7 Å². The lowest BCUT2D eigenvalue weighted by Gasteiger charge is -2.32. The maximum atomic E-state index is 12.7. The van der Waals surface area contributed by atoms with Gasteiger partial charge in [0.1, 0.15) is 5.69 Å². The summed E-state index contributed by atoms with van der Waals surface area (Å²) in [7, 11) is 0. The summed E-state index contributed by atoms with van der Waals surface area (Å²) < 4.78 is 5.38. The van der Waals surface area contributed by atoms with Gasteiger partial charge in [-0.15, -0.1) is 0 Å². The van der Waals surface area contributed by atoms with Gasteiger partial charge in [0.25, 0.3) is 0 Å². The van der Waals surface area contributed by atoms with Crippen molar-refractivity contribution in [3.63, 3.8) is 0 Å². The molecule has 0 bridgehead atoms. The Bertz CT molecular complexity index is 929. The number of carbonyl (C=O) groups excluding carboxylic acids is 1. The SMILES string of the molecule is O=C(Cc1ccc(Cl)cc1)N1CCCC(Cc2nc(-c3cnccn3)no2)C1. The average Bonchev–Trinajstić information content (AvgIpc) is 3.19. The third kappa shape index (κ3) is 4.54. The third-order valence-electron chi connectivity index (χ3n) is 4.86. The van der Waals surface area contributed by atoms with E-state index in [-0.39, 0.29) is 5.91 Å². The molecular weight excluding hydrogens is 378 g/mol. The highest BCUT2D eigenvalue weighted by atomic mass is 35.5. The lowest BCUT2D eigenvalue weighted by Crippen LogP contribution is -2.41. The van der Waals surface area contributed by atoms with Crippen LogP contribution in [0.3, 0.4) is 0 Å². The van der Waals surface area contributed by atoms with E-state index in [9.17, 15) is 4.79 Å². The predicted octanol–water partition coefficient (Wildman–Crippen LogP) is 3.20. The van der Waals surface area contributed by atoms with Gasteiger partial charge in [-0.1, -0.05) is 28.9 Å². The smallest absolute Gasteiger partial charge is 0.227 e. The Hall–Kier alpha value is -2.80. The number of likely N-dealkylation sites (tertiary alicyclic amines) is 1. The van der Waals surface area contributed by atoms with E-state index < -0.39 is 0 Å². The van der Waals surface area contributed by atoms with E-state index in [1.807, 2.05) is 29.2 Å². The van der Waals surface area contributed by atoms with Crippen LogP contribution in [-0.2, 0) is 17.6 Å². The van der Waals surface area contributed by atoms with E-state index in [4.69, 9.17) is 16.1 Å². The van der Waals surface area contributed by atoms with Crippen molar-refractivity contribution >= 4 is 17.5 Å². The topological polar surface area (TPSA) is 85.0 Å². The zero-order chi connectivity index (χ0) is 19.3. The number of piperidine rings is 1. The summed E-state index contributed by atoms with van der Waals surface area (Å²) in [6.07, 6.45) is 7.85. The summed E-state index contributed by atoms with van der Waals surface area (Å²) in [5.74, 6) is 1.45. The quantitative estimate of drug-likeness (QED) is 0.657. The number of amides is 1. The molecule has 1 aromatic carbocycles. The number of hydrogen-bond donors (Lipinski definition) is 0. The van der Waals surface area contributed by atoms with Crippen LogP contribution >= 0.6 is 11.6 Å². The van der Waals surface area contributed by atoms with E-state index in [1.165, 1.54) is 0 Å². The van der Waals surface area contributed by atoms with Gasteiger partial charge in [0, 0.05) is 36.9 Å². The number of halogens is 1. The van der Waals surface area contributed by atoms with Crippen LogP contribution in [0.4, 0.5) is 0 Å². The molecule has 2 aromatic heterocycles. The minimum absolute atomic E-state index is 0.137. The minimum atomic E-state index is 0.137. The molecule has 1 atom stereocenters. The zero-order valence-corrected chi connectivity index (χ0v) is 16.0. The molecular formula is C20H20ClN5O2. The number of benzene rings is 1. The summed E-state index contributed by atoms with van der Waals surface area (Å²) >= 11 is 5.91. The molecule has 1 unspecified atom stereocenters. The van der Waals surface area contributed by atoms with Crippen LogP contribution in [-0.4, -0.2) is 44.0 Å². The van der Waals surface area contributed by atoms with Gasteiger partial charge in [-0.3, -0.25) is 9.78 Å². The highest BCUT2D eigenvalue weighted by Gasteiger charge is 2.25. The molecule has 0 saturated carbocycles. The van der Waals surface area contributed by atoms with Crippen molar-refractivity contribution in [2.24, 2.45) is 5.92 Å². The molecule has 144 valence electrons. The molecule has 8 heteroatoms. The summed E-state index contributed by atoms with van der Waals surface area (Å²) in [6.45, 7) is 1.49. The molecule has 1 aliphatic heterocycles. The van der Waals surface area contributed by atoms with Crippen LogP contribution in [0.15, 0.2) is 47.4 Å². The van der Waals surface area contributed by atoms with E-state index in [0.717, 1.165) is 24.9 Å². The second-order valence-electron chi connectivity index (χ2n) is 6.96. The van der Waals surface area contributed by atoms with Crippen LogP contribution in [0.1, 0.15) is 24.3 Å². The van der Waals surface area contributed by atoms with Crippen molar-refractivity contribution in [1.82, 2.24) is 25.0 Å². The molecule has 1 aliphatic rings. The van der Waals surface area contributed by atoms with Crippen molar-refractivity contribution in [3.8, 4) is 11.5 Å². The molecule has 0 aliphatic carbocycles. The highest BCUT2D eigenvalue weighted by Crippen LogP contribution is 2.22. The molecule has 4 rings (SSSR count). The van der Waals surface area contributed by atoms with Crippen molar-refractivity contribution < 1.29 is 9.32 Å². The van der Waals surface area contributed by atoms with Gasteiger partial charge in [-0.25, -0.2) is 4.98 Å². The Kier molecular flexibility index (Phi) is 5.62. The molecule has 0 spiro atoms. The fourth-order valence-electron chi connectivity index (χ4n) is 3.45. The lowest BCUT2D eigenvalue weighted by molar-refractivity contribution is -0.132. The average molecular weight is 398 g/mol. The molecule has 7 nitrogen and oxygen atoms in total. The third-order valence-corrected chi connectivity index (χ3v) is 5.12. The first-order valence-electron chi connectivity index (χ1n) is 9.28. The van der Waals surface area contributed by atoms with Crippen molar-refractivity contribution in [3.05, 3.63) is 59.3 Å². The van der Waals surface area contributed by atoms with Gasteiger partial charge in [0.05, 0.1) is 12.6 Å². The monoisotopic (exact) mass is 397 g/mol. The summed E-state index contributed by atoms with van der Waals surface area (Å²) in [5.41, 5.74) is 1.56. The van der Waals surface area contributed by atoms with Crippen LogP contribution < -0.4 is 0 Å². The van der Waals surface area contributed by atoms with Crippen LogP contribution in [0.5, 0.6) is 0 Å². The normalized spacial score (nSPS) is 16.9. The fourth-order valence-corrected chi connectivity index (χ4v) is 3.58. The lowest BCUT2D eigenvalue weighted by atomic mass is 9.94. The second-order valence-corrected chi connectivity index (χ2v) is 7.39. The Morgan fingerprint density at radius 1 is 1.25 bits per heavy atom. The van der Waals surface area contributed by atoms with Crippen LogP contribution in [0, 0.1) is 5.92 Å². The first-order valence-corrected chi connectivity index (χ1v) is 9.66. The Balaban J connectivity index is 1.35. The standard InChI is InChI=1S/C20H20ClN5O2/c21-16-5-3-14(4-6-16)11-19(27)26-9-1-2-15(13-26)10-18-24-20(25-28-18)17-12-22-7-8-23-17/h3-8,12,15H,1-2,9-11,13H2. The number of nitrogens with zero attached hydrogens (tertiary/aromatic N) is 5. The molecule has 0 N–H and O–H groups in total. The first kappa shape index (κ1) is 18.6. The maximum Gasteiger partial charge on any atom is 0.227 e. The Morgan fingerprint density at radius 3 is 2.89 bits per heavy atom.